The number of hydrogen-bond acceptors (Lipinski definition) is 3. The van der Waals surface area contributed by atoms with Crippen LogP contribution in [0.4, 0.5) is 13.2 Å². The summed E-state index contributed by atoms with van der Waals surface area (Å²) in [5.41, 5.74) is 0.115. The molecule has 0 radical (unpaired) electrons. The second kappa shape index (κ2) is 4.98. The average molecular weight is 299 g/mol. The predicted octanol–water partition coefficient (Wildman–Crippen LogP) is 1.76. The summed E-state index contributed by atoms with van der Waals surface area (Å²) in [4.78, 5) is 18.5. The van der Waals surface area contributed by atoms with Crippen molar-refractivity contribution in [3.8, 4) is 0 Å². The van der Waals surface area contributed by atoms with Crippen LogP contribution in [0.2, 0.25) is 0 Å². The highest BCUT2D eigenvalue weighted by Gasteiger charge is 2.47. The maximum absolute atomic E-state index is 12.5. The molecule has 7 heteroatoms. The molecule has 2 aliphatic heterocycles. The van der Waals surface area contributed by atoms with Gasteiger partial charge in [-0.3, -0.25) is 14.7 Å². The summed E-state index contributed by atoms with van der Waals surface area (Å²) in [6, 6.07) is 2.51. The zero-order chi connectivity index (χ0) is 15.1. The summed E-state index contributed by atoms with van der Waals surface area (Å²) in [6.45, 7) is 3.90. The van der Waals surface area contributed by atoms with Crippen LogP contribution in [0.1, 0.15) is 17.7 Å². The SMILES string of the molecule is O=CN1CC2(CCN(Cc3ccc(C(F)(F)F)cn3)C2)C1. The van der Waals surface area contributed by atoms with E-state index >= 15 is 0 Å². The first kappa shape index (κ1) is 14.3. The van der Waals surface area contributed by atoms with Gasteiger partial charge in [-0.25, -0.2) is 0 Å². The number of pyridine rings is 1. The summed E-state index contributed by atoms with van der Waals surface area (Å²) in [7, 11) is 0. The predicted molar refractivity (Wildman–Crippen MR) is 69.2 cm³/mol. The smallest absolute Gasteiger partial charge is 0.344 e. The second-order valence-corrected chi connectivity index (χ2v) is 6.01. The van der Waals surface area contributed by atoms with Gasteiger partial charge in [-0.15, -0.1) is 0 Å². The number of halogens is 3. The number of aromatic nitrogens is 1. The minimum Gasteiger partial charge on any atom is -0.344 e. The first-order chi connectivity index (χ1) is 9.90. The molecule has 21 heavy (non-hydrogen) atoms. The first-order valence-corrected chi connectivity index (χ1v) is 6.84. The molecule has 0 aromatic carbocycles. The molecule has 3 rings (SSSR count). The van der Waals surface area contributed by atoms with Crippen molar-refractivity contribution < 1.29 is 18.0 Å². The molecule has 3 heterocycles. The molecule has 1 spiro atoms. The monoisotopic (exact) mass is 299 g/mol. The zero-order valence-corrected chi connectivity index (χ0v) is 11.4. The quantitative estimate of drug-likeness (QED) is 0.798. The number of nitrogens with zero attached hydrogens (tertiary/aromatic N) is 3. The van der Waals surface area contributed by atoms with Crippen molar-refractivity contribution in [2.45, 2.75) is 19.1 Å². The Morgan fingerprint density at radius 3 is 2.62 bits per heavy atom. The van der Waals surface area contributed by atoms with Gasteiger partial charge in [-0.05, 0) is 25.1 Å². The van der Waals surface area contributed by atoms with Gasteiger partial charge in [-0.1, -0.05) is 0 Å². The van der Waals surface area contributed by atoms with Crippen molar-refractivity contribution in [3.05, 3.63) is 29.6 Å². The number of carbonyl (C=O) groups excluding carboxylic acids is 1. The molecule has 4 nitrogen and oxygen atoms in total. The molecular formula is C14H16F3N3O. The lowest BCUT2D eigenvalue weighted by Gasteiger charge is -2.46. The van der Waals surface area contributed by atoms with E-state index < -0.39 is 11.7 Å². The first-order valence-electron chi connectivity index (χ1n) is 6.84. The molecule has 1 aromatic heterocycles. The third-order valence-corrected chi connectivity index (χ3v) is 4.28. The van der Waals surface area contributed by atoms with E-state index in [1.165, 1.54) is 6.07 Å². The van der Waals surface area contributed by atoms with E-state index in [-0.39, 0.29) is 5.41 Å². The van der Waals surface area contributed by atoms with E-state index in [0.29, 0.717) is 12.2 Å². The van der Waals surface area contributed by atoms with Crippen molar-refractivity contribution in [1.82, 2.24) is 14.8 Å². The molecule has 0 N–H and O–H groups in total. The standard InChI is InChI=1S/C14H16F3N3O/c15-14(16,17)11-1-2-12(18-5-11)6-19-4-3-13(7-19)8-20(9-13)10-21/h1-2,5,10H,3-4,6-9H2. The van der Waals surface area contributed by atoms with Gasteiger partial charge in [0.1, 0.15) is 0 Å². The fourth-order valence-electron chi connectivity index (χ4n) is 3.23. The van der Waals surface area contributed by atoms with Gasteiger partial charge in [0.05, 0.1) is 11.3 Å². The number of amides is 1. The van der Waals surface area contributed by atoms with Crippen LogP contribution >= 0.6 is 0 Å². The Kier molecular flexibility index (Phi) is 3.39. The highest BCUT2D eigenvalue weighted by molar-refractivity contribution is 5.49. The van der Waals surface area contributed by atoms with Gasteiger partial charge in [0, 0.05) is 37.8 Å². The molecule has 0 aliphatic carbocycles. The fraction of sp³-hybridized carbons (Fsp3) is 0.571. The number of likely N-dealkylation sites (tertiary alicyclic amines) is 2. The molecule has 114 valence electrons. The van der Waals surface area contributed by atoms with Gasteiger partial charge in [0.2, 0.25) is 6.41 Å². The van der Waals surface area contributed by atoms with Crippen molar-refractivity contribution in [2.75, 3.05) is 26.2 Å². The van der Waals surface area contributed by atoms with Crippen molar-refractivity contribution in [1.29, 1.82) is 0 Å². The normalized spacial score (nSPS) is 21.6. The van der Waals surface area contributed by atoms with E-state index in [1.807, 2.05) is 0 Å². The van der Waals surface area contributed by atoms with Crippen LogP contribution in [-0.2, 0) is 17.5 Å². The molecule has 0 unspecified atom stereocenters. The molecule has 2 aliphatic rings. The Hall–Kier alpha value is -1.63. The van der Waals surface area contributed by atoms with Crippen molar-refractivity contribution in [3.63, 3.8) is 0 Å². The Morgan fingerprint density at radius 2 is 2.05 bits per heavy atom. The molecule has 2 fully saturated rings. The van der Waals surface area contributed by atoms with E-state index in [9.17, 15) is 18.0 Å². The van der Waals surface area contributed by atoms with Gasteiger partial charge in [0.15, 0.2) is 0 Å². The maximum atomic E-state index is 12.5. The Morgan fingerprint density at radius 1 is 1.29 bits per heavy atom. The Labute approximate surface area is 120 Å². The van der Waals surface area contributed by atoms with Gasteiger partial charge < -0.3 is 4.90 Å². The number of carbonyl (C=O) groups is 1. The van der Waals surface area contributed by atoms with Crippen LogP contribution in [-0.4, -0.2) is 47.4 Å². The van der Waals surface area contributed by atoms with Crippen LogP contribution in [0.15, 0.2) is 18.3 Å². The third kappa shape index (κ3) is 2.88. The van der Waals surface area contributed by atoms with Crippen LogP contribution in [0.25, 0.3) is 0 Å². The van der Waals surface area contributed by atoms with E-state index in [2.05, 4.69) is 9.88 Å². The second-order valence-electron chi connectivity index (χ2n) is 6.01. The van der Waals surface area contributed by atoms with Crippen LogP contribution in [0, 0.1) is 5.41 Å². The summed E-state index contributed by atoms with van der Waals surface area (Å²) >= 11 is 0. The van der Waals surface area contributed by atoms with Crippen LogP contribution in [0.5, 0.6) is 0 Å². The molecule has 1 amide bonds. The maximum Gasteiger partial charge on any atom is 0.417 e. The van der Waals surface area contributed by atoms with Crippen LogP contribution < -0.4 is 0 Å². The molecule has 2 saturated heterocycles. The van der Waals surface area contributed by atoms with E-state index in [4.69, 9.17) is 0 Å². The highest BCUT2D eigenvalue weighted by Crippen LogP contribution is 2.39. The van der Waals surface area contributed by atoms with E-state index in [1.54, 1.807) is 4.90 Å². The molecule has 1 aromatic rings. The third-order valence-electron chi connectivity index (χ3n) is 4.28. The van der Waals surface area contributed by atoms with Crippen LogP contribution in [0.3, 0.4) is 0 Å². The van der Waals surface area contributed by atoms with Crippen molar-refractivity contribution >= 4 is 6.41 Å². The highest BCUT2D eigenvalue weighted by atomic mass is 19.4. The minimum absolute atomic E-state index is 0.187. The number of alkyl halides is 3. The zero-order valence-electron chi connectivity index (χ0n) is 11.4. The van der Waals surface area contributed by atoms with E-state index in [0.717, 1.165) is 51.3 Å². The fourth-order valence-corrected chi connectivity index (χ4v) is 3.23. The molecule has 0 atom stereocenters. The molecule has 0 saturated carbocycles. The van der Waals surface area contributed by atoms with Crippen molar-refractivity contribution in [2.24, 2.45) is 5.41 Å². The minimum atomic E-state index is -4.34. The lowest BCUT2D eigenvalue weighted by Crippen LogP contribution is -2.56. The number of hydrogen-bond donors (Lipinski definition) is 0. The lowest BCUT2D eigenvalue weighted by atomic mass is 9.79. The van der Waals surface area contributed by atoms with Gasteiger partial charge >= 0.3 is 6.18 Å². The van der Waals surface area contributed by atoms with Gasteiger partial charge in [0.25, 0.3) is 0 Å². The average Bonchev–Trinajstić information content (AvgIpc) is 2.80. The summed E-state index contributed by atoms with van der Waals surface area (Å²) in [5.74, 6) is 0. The summed E-state index contributed by atoms with van der Waals surface area (Å²) in [6.07, 6.45) is -1.56. The summed E-state index contributed by atoms with van der Waals surface area (Å²) in [5, 5.41) is 0. The Bertz CT molecular complexity index is 523. The van der Waals surface area contributed by atoms with Gasteiger partial charge in [-0.2, -0.15) is 13.2 Å². The molecular weight excluding hydrogens is 283 g/mol. The summed E-state index contributed by atoms with van der Waals surface area (Å²) < 4.78 is 37.4. The lowest BCUT2D eigenvalue weighted by molar-refractivity contribution is -0.137. The largest absolute Gasteiger partial charge is 0.417 e. The molecule has 0 bridgehead atoms. The number of rotatable bonds is 3. The Balaban J connectivity index is 1.57. The topological polar surface area (TPSA) is 36.4 Å².